The van der Waals surface area contributed by atoms with Crippen LogP contribution in [0.1, 0.15) is 19.8 Å². The van der Waals surface area contributed by atoms with Gasteiger partial charge in [0.05, 0.1) is 0 Å². The molecule has 0 saturated carbocycles. The maximum atomic E-state index is 12.9. The number of aromatic nitrogens is 1. The minimum absolute atomic E-state index is 0.0414. The fourth-order valence-corrected chi connectivity index (χ4v) is 4.56. The highest BCUT2D eigenvalue weighted by Crippen LogP contribution is 2.29. The van der Waals surface area contributed by atoms with E-state index in [1.807, 2.05) is 25.9 Å². The molecule has 1 N–H and O–H groups in total. The Morgan fingerprint density at radius 2 is 2.24 bits per heavy atom. The summed E-state index contributed by atoms with van der Waals surface area (Å²) in [6, 6.07) is 3.34. The quantitative estimate of drug-likeness (QED) is 0.856. The predicted octanol–water partition coefficient (Wildman–Crippen LogP) is 1.23. The van der Waals surface area contributed by atoms with Crippen molar-refractivity contribution in [1.82, 2.24) is 14.2 Å². The van der Waals surface area contributed by atoms with E-state index in [0.717, 1.165) is 19.4 Å². The van der Waals surface area contributed by atoms with Gasteiger partial charge < -0.3 is 10.2 Å². The van der Waals surface area contributed by atoms with E-state index in [1.165, 1.54) is 0 Å². The molecule has 1 fully saturated rings. The highest BCUT2D eigenvalue weighted by molar-refractivity contribution is 7.89. The van der Waals surface area contributed by atoms with E-state index in [2.05, 4.69) is 10.3 Å². The lowest BCUT2D eigenvalue weighted by molar-refractivity contribution is 0.291. The summed E-state index contributed by atoms with van der Waals surface area (Å²) in [6.45, 7) is 3.90. The Kier molecular flexibility index (Phi) is 5.18. The zero-order chi connectivity index (χ0) is 15.5. The van der Waals surface area contributed by atoms with Crippen molar-refractivity contribution in [2.24, 2.45) is 0 Å². The average Bonchev–Trinajstić information content (AvgIpc) is 2.87. The number of sulfonamides is 1. The summed E-state index contributed by atoms with van der Waals surface area (Å²) < 4.78 is 27.5. The fourth-order valence-electron chi connectivity index (χ4n) is 2.75. The third kappa shape index (κ3) is 3.53. The molecule has 1 saturated heterocycles. The summed E-state index contributed by atoms with van der Waals surface area (Å²) >= 11 is 0. The summed E-state index contributed by atoms with van der Waals surface area (Å²) in [7, 11) is 0.434. The maximum Gasteiger partial charge on any atom is 0.247 e. The number of hydrogen-bond donors (Lipinski definition) is 1. The van der Waals surface area contributed by atoms with Gasteiger partial charge in [-0.15, -0.1) is 0 Å². The van der Waals surface area contributed by atoms with Crippen LogP contribution in [0.25, 0.3) is 0 Å². The number of pyridine rings is 1. The lowest BCUT2D eigenvalue weighted by Crippen LogP contribution is -2.41. The topological polar surface area (TPSA) is 65.5 Å². The van der Waals surface area contributed by atoms with Crippen molar-refractivity contribution in [3.05, 3.63) is 18.3 Å². The van der Waals surface area contributed by atoms with Crippen LogP contribution in [-0.2, 0) is 10.0 Å². The largest absolute Gasteiger partial charge is 0.369 e. The van der Waals surface area contributed by atoms with Crippen molar-refractivity contribution in [3.63, 3.8) is 0 Å². The highest BCUT2D eigenvalue weighted by Gasteiger charge is 2.36. The molecule has 0 radical (unpaired) electrons. The number of likely N-dealkylation sites (N-methyl/N-ethyl adjacent to an activating group) is 1. The normalized spacial score (nSPS) is 20.1. The van der Waals surface area contributed by atoms with Crippen LogP contribution in [0.3, 0.4) is 0 Å². The number of nitrogens with one attached hydrogen (secondary N) is 1. The molecule has 0 bridgehead atoms. The van der Waals surface area contributed by atoms with E-state index in [4.69, 9.17) is 0 Å². The molecule has 21 heavy (non-hydrogen) atoms. The first-order valence-corrected chi connectivity index (χ1v) is 8.76. The average molecular weight is 312 g/mol. The van der Waals surface area contributed by atoms with Gasteiger partial charge in [-0.05, 0) is 46.0 Å². The van der Waals surface area contributed by atoms with Gasteiger partial charge >= 0.3 is 0 Å². The number of hydrogen-bond acceptors (Lipinski definition) is 5. The van der Waals surface area contributed by atoms with Crippen LogP contribution in [0.15, 0.2) is 23.2 Å². The second-order valence-electron chi connectivity index (χ2n) is 5.55. The lowest BCUT2D eigenvalue weighted by Gasteiger charge is -2.27. The van der Waals surface area contributed by atoms with Crippen molar-refractivity contribution >= 4 is 15.8 Å². The van der Waals surface area contributed by atoms with E-state index in [9.17, 15) is 8.42 Å². The Labute approximate surface area is 127 Å². The van der Waals surface area contributed by atoms with Crippen LogP contribution < -0.4 is 5.32 Å². The van der Waals surface area contributed by atoms with E-state index >= 15 is 0 Å². The molecule has 2 heterocycles. The molecular weight excluding hydrogens is 288 g/mol. The third-order valence-electron chi connectivity index (χ3n) is 3.60. The van der Waals surface area contributed by atoms with E-state index in [1.54, 1.807) is 22.6 Å². The molecule has 1 aliphatic heterocycles. The molecule has 1 unspecified atom stereocenters. The van der Waals surface area contributed by atoms with Crippen molar-refractivity contribution in [1.29, 1.82) is 0 Å². The predicted molar refractivity (Wildman–Crippen MR) is 83.9 cm³/mol. The van der Waals surface area contributed by atoms with E-state index in [0.29, 0.717) is 18.9 Å². The molecule has 0 aliphatic carbocycles. The van der Waals surface area contributed by atoms with E-state index in [-0.39, 0.29) is 10.9 Å². The van der Waals surface area contributed by atoms with Gasteiger partial charge in [0.25, 0.3) is 0 Å². The summed E-state index contributed by atoms with van der Waals surface area (Å²) in [5, 5.41) is 3.03. The first-order chi connectivity index (χ1) is 9.96. The third-order valence-corrected chi connectivity index (χ3v) is 5.58. The monoisotopic (exact) mass is 312 g/mol. The summed E-state index contributed by atoms with van der Waals surface area (Å²) in [5.41, 5.74) is 0. The van der Waals surface area contributed by atoms with E-state index < -0.39 is 10.0 Å². The van der Waals surface area contributed by atoms with Crippen LogP contribution in [0.4, 0.5) is 5.82 Å². The second kappa shape index (κ2) is 6.72. The van der Waals surface area contributed by atoms with Gasteiger partial charge in [0.15, 0.2) is 0 Å². The Balaban J connectivity index is 2.33. The zero-order valence-corrected chi connectivity index (χ0v) is 13.7. The Hall–Kier alpha value is -1.18. The zero-order valence-electron chi connectivity index (χ0n) is 12.9. The number of rotatable bonds is 6. The van der Waals surface area contributed by atoms with Gasteiger partial charge in [0.2, 0.25) is 10.0 Å². The Morgan fingerprint density at radius 1 is 1.48 bits per heavy atom. The molecule has 118 valence electrons. The summed E-state index contributed by atoms with van der Waals surface area (Å²) in [4.78, 5) is 6.47. The fraction of sp³-hybridized carbons (Fsp3) is 0.643. The standard InChI is InChI=1S/C14H24N4O2S/c1-4-15-14-13(8-5-9-16-14)21(19,20)18-10-6-7-12(18)11-17(2)3/h5,8-9,12H,4,6-7,10-11H2,1-3H3,(H,15,16). The van der Waals surface area contributed by atoms with Crippen LogP contribution in [-0.4, -0.2) is 62.4 Å². The smallest absolute Gasteiger partial charge is 0.247 e. The molecular formula is C14H24N4O2S. The summed E-state index contributed by atoms with van der Waals surface area (Å²) in [5.74, 6) is 0.440. The Bertz CT molecular complexity index is 574. The minimum atomic E-state index is -3.50. The molecule has 6 nitrogen and oxygen atoms in total. The highest BCUT2D eigenvalue weighted by atomic mass is 32.2. The molecule has 0 spiro atoms. The van der Waals surface area contributed by atoms with Gasteiger partial charge in [0.1, 0.15) is 10.7 Å². The van der Waals surface area contributed by atoms with Crippen molar-refractivity contribution in [2.75, 3.05) is 39.0 Å². The molecule has 2 rings (SSSR count). The van der Waals surface area contributed by atoms with Crippen LogP contribution in [0, 0.1) is 0 Å². The molecule has 1 aromatic rings. The van der Waals surface area contributed by atoms with Gasteiger partial charge in [-0.3, -0.25) is 0 Å². The van der Waals surface area contributed by atoms with Crippen molar-refractivity contribution in [3.8, 4) is 0 Å². The second-order valence-corrected chi connectivity index (χ2v) is 7.41. The maximum absolute atomic E-state index is 12.9. The molecule has 1 aliphatic rings. The van der Waals surface area contributed by atoms with Crippen LogP contribution in [0.5, 0.6) is 0 Å². The first-order valence-electron chi connectivity index (χ1n) is 7.32. The minimum Gasteiger partial charge on any atom is -0.369 e. The van der Waals surface area contributed by atoms with Gasteiger partial charge in [-0.1, -0.05) is 0 Å². The molecule has 1 aromatic heterocycles. The lowest BCUT2D eigenvalue weighted by atomic mass is 10.2. The van der Waals surface area contributed by atoms with Crippen LogP contribution >= 0.6 is 0 Å². The number of anilines is 1. The molecule has 0 amide bonds. The van der Waals surface area contributed by atoms with Crippen molar-refractivity contribution < 1.29 is 8.42 Å². The number of nitrogens with zero attached hydrogens (tertiary/aromatic N) is 3. The van der Waals surface area contributed by atoms with Crippen molar-refractivity contribution in [2.45, 2.75) is 30.7 Å². The molecule has 7 heteroatoms. The molecule has 0 aromatic carbocycles. The van der Waals surface area contributed by atoms with Gasteiger partial charge in [0, 0.05) is 31.9 Å². The van der Waals surface area contributed by atoms with Gasteiger partial charge in [-0.25, -0.2) is 13.4 Å². The van der Waals surface area contributed by atoms with Crippen LogP contribution in [0.2, 0.25) is 0 Å². The Morgan fingerprint density at radius 3 is 2.90 bits per heavy atom. The summed E-state index contributed by atoms with van der Waals surface area (Å²) in [6.07, 6.45) is 3.43. The van der Waals surface area contributed by atoms with Gasteiger partial charge in [-0.2, -0.15) is 4.31 Å². The SMILES string of the molecule is CCNc1ncccc1S(=O)(=O)N1CCCC1CN(C)C. The first kappa shape index (κ1) is 16.2. The molecule has 1 atom stereocenters.